The highest BCUT2D eigenvalue weighted by Gasteiger charge is 2.33. The molecule has 0 saturated heterocycles. The average molecular weight is 380 g/mol. The quantitative estimate of drug-likeness (QED) is 0.862. The molecular formula is C18H19F3N4O2. The van der Waals surface area contributed by atoms with E-state index >= 15 is 0 Å². The molecule has 6 nitrogen and oxygen atoms in total. The van der Waals surface area contributed by atoms with Gasteiger partial charge in [-0.25, -0.2) is 4.98 Å². The Morgan fingerprint density at radius 1 is 1.30 bits per heavy atom. The molecule has 1 N–H and O–H groups in total. The van der Waals surface area contributed by atoms with Gasteiger partial charge in [-0.15, -0.1) is 0 Å². The number of anilines is 1. The van der Waals surface area contributed by atoms with Crippen LogP contribution in [0.15, 0.2) is 41.7 Å². The van der Waals surface area contributed by atoms with E-state index < -0.39 is 29.2 Å². The SMILES string of the molecule is O=C(Nc1cnccn1)[C@H](CC1CCCC1)n1ccc(C(F)(F)F)cc1=O. The molecule has 144 valence electrons. The second kappa shape index (κ2) is 7.89. The summed E-state index contributed by atoms with van der Waals surface area (Å²) in [6.45, 7) is 0. The number of carbonyl (C=O) groups is 1. The fraction of sp³-hybridized carbons (Fsp3) is 0.444. The molecule has 2 aromatic rings. The zero-order valence-electron chi connectivity index (χ0n) is 14.4. The molecule has 1 saturated carbocycles. The minimum Gasteiger partial charge on any atom is -0.308 e. The molecule has 1 aliphatic rings. The number of pyridine rings is 1. The van der Waals surface area contributed by atoms with Crippen LogP contribution < -0.4 is 10.9 Å². The highest BCUT2D eigenvalue weighted by Crippen LogP contribution is 2.33. The van der Waals surface area contributed by atoms with Crippen LogP contribution in [0.5, 0.6) is 0 Å². The van der Waals surface area contributed by atoms with E-state index in [4.69, 9.17) is 0 Å². The summed E-state index contributed by atoms with van der Waals surface area (Å²) in [5, 5.41) is 2.59. The van der Waals surface area contributed by atoms with Crippen LogP contribution in [0.25, 0.3) is 0 Å². The number of aromatic nitrogens is 3. The first-order valence-corrected chi connectivity index (χ1v) is 8.71. The van der Waals surface area contributed by atoms with Gasteiger partial charge in [-0.1, -0.05) is 25.7 Å². The van der Waals surface area contributed by atoms with Gasteiger partial charge in [0.15, 0.2) is 5.82 Å². The Morgan fingerprint density at radius 3 is 2.63 bits per heavy atom. The van der Waals surface area contributed by atoms with Gasteiger partial charge in [-0.05, 0) is 18.4 Å². The van der Waals surface area contributed by atoms with Crippen molar-refractivity contribution in [3.63, 3.8) is 0 Å². The molecule has 2 heterocycles. The van der Waals surface area contributed by atoms with Gasteiger partial charge in [-0.3, -0.25) is 14.6 Å². The lowest BCUT2D eigenvalue weighted by Crippen LogP contribution is -2.34. The van der Waals surface area contributed by atoms with Crippen LogP contribution in [0.2, 0.25) is 0 Å². The molecule has 1 aliphatic carbocycles. The fourth-order valence-electron chi connectivity index (χ4n) is 3.41. The number of rotatable bonds is 5. The van der Waals surface area contributed by atoms with Crippen LogP contribution in [0.3, 0.4) is 0 Å². The number of hydrogen-bond donors (Lipinski definition) is 1. The zero-order chi connectivity index (χ0) is 19.4. The summed E-state index contributed by atoms with van der Waals surface area (Å²) in [5.41, 5.74) is -1.89. The van der Waals surface area contributed by atoms with E-state index in [1.165, 1.54) is 18.6 Å². The summed E-state index contributed by atoms with van der Waals surface area (Å²) in [5.74, 6) is -0.0278. The van der Waals surface area contributed by atoms with Crippen molar-refractivity contribution in [3.05, 3.63) is 52.8 Å². The van der Waals surface area contributed by atoms with E-state index in [0.717, 1.165) is 42.5 Å². The highest BCUT2D eigenvalue weighted by atomic mass is 19.4. The van der Waals surface area contributed by atoms with Crippen LogP contribution in [0.4, 0.5) is 19.0 Å². The molecule has 1 atom stereocenters. The van der Waals surface area contributed by atoms with Crippen molar-refractivity contribution in [2.24, 2.45) is 5.92 Å². The molecule has 3 rings (SSSR count). The lowest BCUT2D eigenvalue weighted by atomic mass is 9.97. The molecule has 0 radical (unpaired) electrons. The van der Waals surface area contributed by atoms with Gasteiger partial charge >= 0.3 is 6.18 Å². The predicted molar refractivity (Wildman–Crippen MR) is 92.0 cm³/mol. The largest absolute Gasteiger partial charge is 0.416 e. The van der Waals surface area contributed by atoms with Gasteiger partial charge in [0, 0.05) is 24.7 Å². The Morgan fingerprint density at radius 2 is 2.04 bits per heavy atom. The number of amides is 1. The first-order valence-electron chi connectivity index (χ1n) is 8.71. The average Bonchev–Trinajstić information content (AvgIpc) is 3.13. The fourth-order valence-corrected chi connectivity index (χ4v) is 3.41. The van der Waals surface area contributed by atoms with E-state index in [0.29, 0.717) is 12.5 Å². The van der Waals surface area contributed by atoms with Crippen LogP contribution in [-0.4, -0.2) is 20.4 Å². The van der Waals surface area contributed by atoms with Crippen LogP contribution >= 0.6 is 0 Å². The normalized spacial score (nSPS) is 16.3. The lowest BCUT2D eigenvalue weighted by Gasteiger charge is -2.22. The summed E-state index contributed by atoms with van der Waals surface area (Å²) < 4.78 is 39.6. The van der Waals surface area contributed by atoms with E-state index in [1.807, 2.05) is 0 Å². The second-order valence-corrected chi connectivity index (χ2v) is 6.64. The Kier molecular flexibility index (Phi) is 5.57. The summed E-state index contributed by atoms with van der Waals surface area (Å²) in [7, 11) is 0. The summed E-state index contributed by atoms with van der Waals surface area (Å²) in [6, 6.07) is 0.431. The molecule has 2 aromatic heterocycles. The highest BCUT2D eigenvalue weighted by molar-refractivity contribution is 5.92. The van der Waals surface area contributed by atoms with Crippen molar-refractivity contribution in [3.8, 4) is 0 Å². The Hall–Kier alpha value is -2.71. The van der Waals surface area contributed by atoms with Crippen LogP contribution in [0.1, 0.15) is 43.7 Å². The Bertz CT molecular complexity index is 846. The van der Waals surface area contributed by atoms with Crippen molar-refractivity contribution >= 4 is 11.7 Å². The topological polar surface area (TPSA) is 76.9 Å². The first-order chi connectivity index (χ1) is 12.8. The molecule has 0 aliphatic heterocycles. The molecule has 9 heteroatoms. The van der Waals surface area contributed by atoms with Crippen molar-refractivity contribution in [2.75, 3.05) is 5.32 Å². The smallest absolute Gasteiger partial charge is 0.308 e. The van der Waals surface area contributed by atoms with Gasteiger partial charge in [0.05, 0.1) is 11.8 Å². The molecule has 0 spiro atoms. The van der Waals surface area contributed by atoms with Gasteiger partial charge in [0.2, 0.25) is 5.91 Å². The Labute approximate surface area is 153 Å². The van der Waals surface area contributed by atoms with Gasteiger partial charge in [0.1, 0.15) is 6.04 Å². The molecule has 1 fully saturated rings. The number of hydrogen-bond acceptors (Lipinski definition) is 4. The molecular weight excluding hydrogens is 361 g/mol. The lowest BCUT2D eigenvalue weighted by molar-refractivity contribution is -0.137. The third kappa shape index (κ3) is 4.72. The molecule has 27 heavy (non-hydrogen) atoms. The maximum Gasteiger partial charge on any atom is 0.416 e. The Balaban J connectivity index is 1.89. The predicted octanol–water partition coefficient (Wildman–Crippen LogP) is 3.42. The minimum absolute atomic E-state index is 0.221. The van der Waals surface area contributed by atoms with Gasteiger partial charge in [-0.2, -0.15) is 13.2 Å². The van der Waals surface area contributed by atoms with E-state index in [2.05, 4.69) is 15.3 Å². The monoisotopic (exact) mass is 380 g/mol. The van der Waals surface area contributed by atoms with Crippen molar-refractivity contribution in [1.82, 2.24) is 14.5 Å². The summed E-state index contributed by atoms with van der Waals surface area (Å²) in [4.78, 5) is 32.9. The molecule has 1 amide bonds. The number of halogens is 3. The van der Waals surface area contributed by atoms with Crippen LogP contribution in [-0.2, 0) is 11.0 Å². The molecule has 0 bridgehead atoms. The van der Waals surface area contributed by atoms with Crippen molar-refractivity contribution < 1.29 is 18.0 Å². The number of nitrogens with zero attached hydrogens (tertiary/aromatic N) is 3. The standard InChI is InChI=1S/C18H19F3N4O2/c19-18(20,21)13-5-8-25(16(26)10-13)14(9-12-3-1-2-4-12)17(27)24-15-11-22-6-7-23-15/h5-8,10-12,14H,1-4,9H2,(H,23,24,27)/t14-/m0/s1. The second-order valence-electron chi connectivity index (χ2n) is 6.64. The van der Waals surface area contributed by atoms with Gasteiger partial charge < -0.3 is 9.88 Å². The summed E-state index contributed by atoms with van der Waals surface area (Å²) in [6.07, 6.45) is 5.00. The first kappa shape index (κ1) is 19.1. The molecule has 0 aromatic carbocycles. The maximum absolute atomic E-state index is 12.8. The minimum atomic E-state index is -4.61. The van der Waals surface area contributed by atoms with E-state index in [1.54, 1.807) is 0 Å². The van der Waals surface area contributed by atoms with Crippen molar-refractivity contribution in [1.29, 1.82) is 0 Å². The van der Waals surface area contributed by atoms with Gasteiger partial charge in [0.25, 0.3) is 5.56 Å². The maximum atomic E-state index is 12.8. The van der Waals surface area contributed by atoms with E-state index in [-0.39, 0.29) is 11.7 Å². The van der Waals surface area contributed by atoms with Crippen LogP contribution in [0, 0.1) is 5.92 Å². The number of carbonyl (C=O) groups excluding carboxylic acids is 1. The number of nitrogens with one attached hydrogen (secondary N) is 1. The third-order valence-corrected chi connectivity index (χ3v) is 4.76. The summed E-state index contributed by atoms with van der Waals surface area (Å²) >= 11 is 0. The number of alkyl halides is 3. The zero-order valence-corrected chi connectivity index (χ0v) is 14.4. The molecule has 0 unspecified atom stereocenters. The van der Waals surface area contributed by atoms with E-state index in [9.17, 15) is 22.8 Å². The van der Waals surface area contributed by atoms with Crippen molar-refractivity contribution in [2.45, 2.75) is 44.3 Å². The third-order valence-electron chi connectivity index (χ3n) is 4.76.